The van der Waals surface area contributed by atoms with Gasteiger partial charge in [-0.3, -0.25) is 0 Å². The molecule has 1 atom stereocenters. The summed E-state index contributed by atoms with van der Waals surface area (Å²) >= 11 is 0. The van der Waals surface area contributed by atoms with Gasteiger partial charge in [0.2, 0.25) is 0 Å². The Labute approximate surface area is 85.8 Å². The van der Waals surface area contributed by atoms with Crippen LogP contribution in [0.3, 0.4) is 0 Å². The fourth-order valence-corrected chi connectivity index (χ4v) is 1.90. The minimum absolute atomic E-state index is 0.603. The summed E-state index contributed by atoms with van der Waals surface area (Å²) in [5.41, 5.74) is 1.43. The van der Waals surface area contributed by atoms with Crippen LogP contribution >= 0.6 is 0 Å². The molecule has 1 heterocycles. The number of piperazine rings is 1. The zero-order valence-electron chi connectivity index (χ0n) is 8.50. The smallest absolute Gasteiger partial charge is 0.0233 e. The Morgan fingerprint density at radius 3 is 3.14 bits per heavy atom. The first-order chi connectivity index (χ1) is 6.95. The Kier molecular flexibility index (Phi) is 3.55. The number of rotatable bonds is 2. The normalized spacial score (nSPS) is 27.1. The zero-order chi connectivity index (χ0) is 9.64. The van der Waals surface area contributed by atoms with Crippen molar-refractivity contribution in [3.8, 4) is 0 Å². The van der Waals surface area contributed by atoms with Crippen molar-refractivity contribution in [2.45, 2.75) is 18.9 Å². The minimum atomic E-state index is 0.603. The van der Waals surface area contributed by atoms with Crippen molar-refractivity contribution in [3.63, 3.8) is 0 Å². The molecule has 2 N–H and O–H groups in total. The van der Waals surface area contributed by atoms with Gasteiger partial charge in [0, 0.05) is 25.7 Å². The Morgan fingerprint density at radius 1 is 1.29 bits per heavy atom. The second kappa shape index (κ2) is 5.13. The van der Waals surface area contributed by atoms with Crippen LogP contribution < -0.4 is 10.6 Å². The van der Waals surface area contributed by atoms with E-state index in [4.69, 9.17) is 0 Å². The molecule has 1 unspecified atom stereocenters. The van der Waals surface area contributed by atoms with Gasteiger partial charge in [0.1, 0.15) is 0 Å². The summed E-state index contributed by atoms with van der Waals surface area (Å²) in [4.78, 5) is 0. The maximum atomic E-state index is 3.53. The highest BCUT2D eigenvalue weighted by atomic mass is 15.0. The van der Waals surface area contributed by atoms with Crippen molar-refractivity contribution < 1.29 is 0 Å². The summed E-state index contributed by atoms with van der Waals surface area (Å²) in [5.74, 6) is 0. The average Bonchev–Trinajstić information content (AvgIpc) is 2.48. The highest BCUT2D eigenvalue weighted by molar-refractivity contribution is 5.28. The lowest BCUT2D eigenvalue weighted by Gasteiger charge is -2.24. The second-order valence-corrected chi connectivity index (χ2v) is 3.87. The maximum Gasteiger partial charge on any atom is 0.0233 e. The largest absolute Gasteiger partial charge is 0.314 e. The first-order valence-electron chi connectivity index (χ1n) is 5.41. The van der Waals surface area contributed by atoms with E-state index in [-0.39, 0.29) is 0 Å². The van der Waals surface area contributed by atoms with Gasteiger partial charge in [0.05, 0.1) is 0 Å². The fraction of sp³-hybridized carbons (Fsp3) is 0.500. The molecular formula is C12H18N2. The van der Waals surface area contributed by atoms with E-state index in [0.29, 0.717) is 6.04 Å². The second-order valence-electron chi connectivity index (χ2n) is 3.87. The van der Waals surface area contributed by atoms with Crippen LogP contribution in [0.2, 0.25) is 0 Å². The SMILES string of the molecule is C1=CCC=CC(CC2CNCCN2)=C1. The summed E-state index contributed by atoms with van der Waals surface area (Å²) in [6, 6.07) is 0.603. The molecule has 0 spiro atoms. The highest BCUT2D eigenvalue weighted by Crippen LogP contribution is 2.11. The monoisotopic (exact) mass is 190 g/mol. The van der Waals surface area contributed by atoms with E-state index in [1.54, 1.807) is 0 Å². The summed E-state index contributed by atoms with van der Waals surface area (Å²) in [7, 11) is 0. The third-order valence-electron chi connectivity index (χ3n) is 2.66. The molecule has 1 aliphatic carbocycles. The van der Waals surface area contributed by atoms with Crippen molar-refractivity contribution in [2.75, 3.05) is 19.6 Å². The number of allylic oxidation sites excluding steroid dienone is 5. The summed E-state index contributed by atoms with van der Waals surface area (Å²) < 4.78 is 0. The van der Waals surface area contributed by atoms with E-state index < -0.39 is 0 Å². The van der Waals surface area contributed by atoms with Crippen LogP contribution in [-0.2, 0) is 0 Å². The van der Waals surface area contributed by atoms with Gasteiger partial charge in [-0.1, -0.05) is 30.4 Å². The van der Waals surface area contributed by atoms with Gasteiger partial charge in [0.15, 0.2) is 0 Å². The molecule has 2 rings (SSSR count). The molecule has 2 aliphatic rings. The van der Waals surface area contributed by atoms with E-state index >= 15 is 0 Å². The Bertz CT molecular complexity index is 257. The van der Waals surface area contributed by atoms with Gasteiger partial charge >= 0.3 is 0 Å². The van der Waals surface area contributed by atoms with Gasteiger partial charge in [0.25, 0.3) is 0 Å². The van der Waals surface area contributed by atoms with E-state index in [2.05, 4.69) is 41.0 Å². The molecule has 0 aromatic carbocycles. The van der Waals surface area contributed by atoms with E-state index in [1.165, 1.54) is 5.57 Å². The van der Waals surface area contributed by atoms with Gasteiger partial charge < -0.3 is 10.6 Å². The molecule has 0 radical (unpaired) electrons. The lowest BCUT2D eigenvalue weighted by atomic mass is 10.0. The fourth-order valence-electron chi connectivity index (χ4n) is 1.90. The van der Waals surface area contributed by atoms with Gasteiger partial charge in [-0.05, 0) is 18.4 Å². The van der Waals surface area contributed by atoms with Crippen LogP contribution in [0.1, 0.15) is 12.8 Å². The lowest BCUT2D eigenvalue weighted by molar-refractivity contribution is 0.417. The Balaban J connectivity index is 1.88. The maximum absolute atomic E-state index is 3.53. The summed E-state index contributed by atoms with van der Waals surface area (Å²) in [6.07, 6.45) is 13.2. The standard InChI is InChI=1S/C12H18N2/c1-2-4-6-11(5-3-1)9-12-10-13-7-8-14-12/h1,3-6,12-14H,2,7-10H2. The zero-order valence-corrected chi connectivity index (χ0v) is 8.50. The molecule has 1 saturated heterocycles. The molecule has 76 valence electrons. The lowest BCUT2D eigenvalue weighted by Crippen LogP contribution is -2.48. The quantitative estimate of drug-likeness (QED) is 0.687. The van der Waals surface area contributed by atoms with Crippen LogP contribution in [0.15, 0.2) is 36.0 Å². The van der Waals surface area contributed by atoms with Gasteiger partial charge in [-0.25, -0.2) is 0 Å². The van der Waals surface area contributed by atoms with Crippen molar-refractivity contribution in [3.05, 3.63) is 36.0 Å². The molecule has 2 nitrogen and oxygen atoms in total. The highest BCUT2D eigenvalue weighted by Gasteiger charge is 2.12. The third-order valence-corrected chi connectivity index (χ3v) is 2.66. The first kappa shape index (κ1) is 9.69. The van der Waals surface area contributed by atoms with Gasteiger partial charge in [-0.2, -0.15) is 0 Å². The number of hydrogen-bond donors (Lipinski definition) is 2. The summed E-state index contributed by atoms with van der Waals surface area (Å²) in [5, 5.41) is 6.93. The Morgan fingerprint density at radius 2 is 2.29 bits per heavy atom. The van der Waals surface area contributed by atoms with Crippen LogP contribution in [0.4, 0.5) is 0 Å². The van der Waals surface area contributed by atoms with Crippen LogP contribution in [0.25, 0.3) is 0 Å². The molecule has 0 amide bonds. The van der Waals surface area contributed by atoms with E-state index in [1.807, 2.05) is 0 Å². The topological polar surface area (TPSA) is 24.1 Å². The summed E-state index contributed by atoms with van der Waals surface area (Å²) in [6.45, 7) is 3.29. The molecule has 2 heteroatoms. The predicted molar refractivity (Wildman–Crippen MR) is 60.3 cm³/mol. The molecule has 1 aliphatic heterocycles. The molecule has 0 aromatic heterocycles. The molecule has 1 fully saturated rings. The number of nitrogens with one attached hydrogen (secondary N) is 2. The molecule has 0 aromatic rings. The average molecular weight is 190 g/mol. The molecular weight excluding hydrogens is 172 g/mol. The van der Waals surface area contributed by atoms with Crippen LogP contribution in [0.5, 0.6) is 0 Å². The van der Waals surface area contributed by atoms with E-state index in [9.17, 15) is 0 Å². The van der Waals surface area contributed by atoms with Crippen molar-refractivity contribution in [1.82, 2.24) is 10.6 Å². The molecule has 0 saturated carbocycles. The molecule has 14 heavy (non-hydrogen) atoms. The van der Waals surface area contributed by atoms with Gasteiger partial charge in [-0.15, -0.1) is 0 Å². The molecule has 0 bridgehead atoms. The van der Waals surface area contributed by atoms with Crippen molar-refractivity contribution >= 4 is 0 Å². The first-order valence-corrected chi connectivity index (χ1v) is 5.41. The minimum Gasteiger partial charge on any atom is -0.314 e. The van der Waals surface area contributed by atoms with Crippen molar-refractivity contribution in [1.29, 1.82) is 0 Å². The van der Waals surface area contributed by atoms with Crippen LogP contribution in [-0.4, -0.2) is 25.7 Å². The van der Waals surface area contributed by atoms with Crippen LogP contribution in [0, 0.1) is 0 Å². The van der Waals surface area contributed by atoms with Crippen molar-refractivity contribution in [2.24, 2.45) is 0 Å². The predicted octanol–water partition coefficient (Wildman–Crippen LogP) is 1.38. The van der Waals surface area contributed by atoms with E-state index in [0.717, 1.165) is 32.5 Å². The number of hydrogen-bond acceptors (Lipinski definition) is 2. The Hall–Kier alpha value is -0.860. The third kappa shape index (κ3) is 2.82.